The zero-order chi connectivity index (χ0) is 22.8. The van der Waals surface area contributed by atoms with Crippen LogP contribution in [0.2, 0.25) is 10.0 Å². The van der Waals surface area contributed by atoms with Crippen LogP contribution in [0, 0.1) is 12.7 Å². The van der Waals surface area contributed by atoms with Crippen molar-refractivity contribution in [2.45, 2.75) is 6.92 Å². The summed E-state index contributed by atoms with van der Waals surface area (Å²) in [6, 6.07) is 15.1. The van der Waals surface area contributed by atoms with E-state index in [4.69, 9.17) is 32.4 Å². The molecule has 0 fully saturated rings. The number of halogens is 3. The first-order chi connectivity index (χ1) is 15.3. The summed E-state index contributed by atoms with van der Waals surface area (Å²) in [5.41, 5.74) is 1.56. The first-order valence-electron chi connectivity index (χ1n) is 9.53. The van der Waals surface area contributed by atoms with E-state index < -0.39 is 23.8 Å². The standard InChI is InChI=1S/C24H16Cl2FNO4/c1-13-10-20-18(11-19(13)26)22(30)24(23(32-20)14-2-4-15(25)5-3-14)31-12-21(29)28-17-8-6-16(27)7-9-17/h2-11H,12H2,1H3,(H,28,29). The van der Waals surface area contributed by atoms with Gasteiger partial charge in [-0.1, -0.05) is 23.2 Å². The van der Waals surface area contributed by atoms with E-state index in [0.29, 0.717) is 26.9 Å². The Hall–Kier alpha value is -3.35. The minimum Gasteiger partial charge on any atom is -0.476 e. The Morgan fingerprint density at radius 2 is 1.75 bits per heavy atom. The second-order valence-electron chi connectivity index (χ2n) is 7.04. The summed E-state index contributed by atoms with van der Waals surface area (Å²) < 4.78 is 24.7. The molecule has 0 atom stereocenters. The van der Waals surface area contributed by atoms with E-state index in [1.165, 1.54) is 30.3 Å². The number of aryl methyl sites for hydroxylation is 1. The second kappa shape index (κ2) is 9.02. The van der Waals surface area contributed by atoms with Crippen molar-refractivity contribution < 1.29 is 18.3 Å². The van der Waals surface area contributed by atoms with Crippen LogP contribution < -0.4 is 15.5 Å². The Morgan fingerprint density at radius 1 is 1.06 bits per heavy atom. The van der Waals surface area contributed by atoms with Gasteiger partial charge in [0.05, 0.1) is 5.39 Å². The molecule has 1 N–H and O–H groups in total. The van der Waals surface area contributed by atoms with Crippen LogP contribution in [0.4, 0.5) is 10.1 Å². The highest BCUT2D eigenvalue weighted by Gasteiger charge is 2.20. The van der Waals surface area contributed by atoms with Crippen molar-refractivity contribution in [3.05, 3.63) is 92.3 Å². The van der Waals surface area contributed by atoms with E-state index in [1.54, 1.807) is 37.3 Å². The maximum Gasteiger partial charge on any atom is 0.262 e. The van der Waals surface area contributed by atoms with E-state index in [0.717, 1.165) is 5.56 Å². The number of hydrogen-bond acceptors (Lipinski definition) is 4. The Morgan fingerprint density at radius 3 is 2.44 bits per heavy atom. The molecule has 4 aromatic rings. The average molecular weight is 472 g/mol. The van der Waals surface area contributed by atoms with Crippen LogP contribution in [0.1, 0.15) is 5.56 Å². The number of ether oxygens (including phenoxy) is 1. The number of anilines is 1. The van der Waals surface area contributed by atoms with Crippen molar-refractivity contribution in [3.63, 3.8) is 0 Å². The third-order valence-electron chi connectivity index (χ3n) is 4.71. The van der Waals surface area contributed by atoms with Crippen LogP contribution in [0.15, 0.2) is 69.9 Å². The number of benzene rings is 3. The molecule has 5 nitrogen and oxygen atoms in total. The summed E-state index contributed by atoms with van der Waals surface area (Å²) in [6.45, 7) is 1.34. The van der Waals surface area contributed by atoms with Crippen molar-refractivity contribution in [1.29, 1.82) is 0 Å². The van der Waals surface area contributed by atoms with Gasteiger partial charge in [-0.3, -0.25) is 9.59 Å². The lowest BCUT2D eigenvalue weighted by Crippen LogP contribution is -2.22. The number of rotatable bonds is 5. The van der Waals surface area contributed by atoms with Gasteiger partial charge in [0.1, 0.15) is 11.4 Å². The molecule has 0 saturated carbocycles. The molecule has 1 aromatic heterocycles. The maximum absolute atomic E-state index is 13.2. The van der Waals surface area contributed by atoms with E-state index >= 15 is 0 Å². The molecule has 1 heterocycles. The molecule has 162 valence electrons. The molecule has 8 heteroatoms. The summed E-state index contributed by atoms with van der Waals surface area (Å²) in [5.74, 6) is -0.918. The fourth-order valence-corrected chi connectivity index (χ4v) is 3.38. The van der Waals surface area contributed by atoms with Gasteiger partial charge in [-0.25, -0.2) is 4.39 Å². The third kappa shape index (κ3) is 4.61. The fourth-order valence-electron chi connectivity index (χ4n) is 3.09. The molecule has 0 aliphatic heterocycles. The summed E-state index contributed by atoms with van der Waals surface area (Å²) in [7, 11) is 0. The van der Waals surface area contributed by atoms with Crippen LogP contribution >= 0.6 is 23.2 Å². The van der Waals surface area contributed by atoms with Gasteiger partial charge in [-0.2, -0.15) is 0 Å². The van der Waals surface area contributed by atoms with Crippen LogP contribution in [0.3, 0.4) is 0 Å². The molecular formula is C24H16Cl2FNO4. The Balaban J connectivity index is 1.71. The quantitative estimate of drug-likeness (QED) is 0.374. The lowest BCUT2D eigenvalue weighted by atomic mass is 10.1. The van der Waals surface area contributed by atoms with E-state index in [-0.39, 0.29) is 16.9 Å². The molecule has 0 saturated heterocycles. The number of amides is 1. The number of hydrogen-bond donors (Lipinski definition) is 1. The van der Waals surface area contributed by atoms with Crippen LogP contribution in [0.25, 0.3) is 22.3 Å². The molecule has 4 rings (SSSR count). The summed E-state index contributed by atoms with van der Waals surface area (Å²) in [6.07, 6.45) is 0. The third-order valence-corrected chi connectivity index (χ3v) is 5.37. The Kier molecular flexibility index (Phi) is 6.17. The SMILES string of the molecule is Cc1cc2oc(-c3ccc(Cl)cc3)c(OCC(=O)Nc3ccc(F)cc3)c(=O)c2cc1Cl. The lowest BCUT2D eigenvalue weighted by Gasteiger charge is -2.13. The smallest absolute Gasteiger partial charge is 0.262 e. The Labute approximate surface area is 192 Å². The lowest BCUT2D eigenvalue weighted by molar-refractivity contribution is -0.118. The molecule has 0 aliphatic carbocycles. The molecule has 0 spiro atoms. The van der Waals surface area contributed by atoms with Gasteiger partial charge in [-0.05, 0) is 73.2 Å². The van der Waals surface area contributed by atoms with Gasteiger partial charge in [-0.15, -0.1) is 0 Å². The van der Waals surface area contributed by atoms with E-state index in [1.807, 2.05) is 0 Å². The van der Waals surface area contributed by atoms with Crippen molar-refractivity contribution in [1.82, 2.24) is 0 Å². The molecule has 0 aliphatic rings. The number of carbonyl (C=O) groups is 1. The van der Waals surface area contributed by atoms with Crippen LogP contribution in [0.5, 0.6) is 5.75 Å². The largest absolute Gasteiger partial charge is 0.476 e. The van der Waals surface area contributed by atoms with Gasteiger partial charge < -0.3 is 14.5 Å². The zero-order valence-electron chi connectivity index (χ0n) is 16.7. The molecule has 32 heavy (non-hydrogen) atoms. The zero-order valence-corrected chi connectivity index (χ0v) is 18.3. The van der Waals surface area contributed by atoms with Crippen molar-refractivity contribution in [3.8, 4) is 17.1 Å². The predicted molar refractivity (Wildman–Crippen MR) is 123 cm³/mol. The summed E-state index contributed by atoms with van der Waals surface area (Å²) >= 11 is 12.2. The minimum absolute atomic E-state index is 0.131. The summed E-state index contributed by atoms with van der Waals surface area (Å²) in [4.78, 5) is 25.6. The molecular weight excluding hydrogens is 456 g/mol. The van der Waals surface area contributed by atoms with Crippen molar-refractivity contribution >= 4 is 45.8 Å². The fraction of sp³-hybridized carbons (Fsp3) is 0.0833. The van der Waals surface area contributed by atoms with Gasteiger partial charge >= 0.3 is 0 Å². The number of nitrogens with one attached hydrogen (secondary N) is 1. The highest BCUT2D eigenvalue weighted by molar-refractivity contribution is 6.32. The topological polar surface area (TPSA) is 68.5 Å². The van der Waals surface area contributed by atoms with Gasteiger partial charge in [0.15, 0.2) is 12.4 Å². The normalized spacial score (nSPS) is 10.9. The van der Waals surface area contributed by atoms with Crippen LogP contribution in [-0.2, 0) is 4.79 Å². The minimum atomic E-state index is -0.528. The Bertz CT molecular complexity index is 1370. The predicted octanol–water partition coefficient (Wildman–Crippen LogP) is 6.23. The molecule has 0 unspecified atom stereocenters. The van der Waals surface area contributed by atoms with Crippen LogP contribution in [-0.4, -0.2) is 12.5 Å². The number of fused-ring (bicyclic) bond motifs is 1. The average Bonchev–Trinajstić information content (AvgIpc) is 2.76. The van der Waals surface area contributed by atoms with Gasteiger partial charge in [0.2, 0.25) is 11.2 Å². The highest BCUT2D eigenvalue weighted by atomic mass is 35.5. The molecule has 0 bridgehead atoms. The van der Waals surface area contributed by atoms with E-state index in [2.05, 4.69) is 5.32 Å². The monoisotopic (exact) mass is 471 g/mol. The van der Waals surface area contributed by atoms with Crippen molar-refractivity contribution in [2.75, 3.05) is 11.9 Å². The first kappa shape index (κ1) is 21.9. The molecule has 1 amide bonds. The van der Waals surface area contributed by atoms with Gasteiger partial charge in [0.25, 0.3) is 5.91 Å². The highest BCUT2D eigenvalue weighted by Crippen LogP contribution is 2.33. The first-order valence-corrected chi connectivity index (χ1v) is 10.3. The van der Waals surface area contributed by atoms with Crippen molar-refractivity contribution in [2.24, 2.45) is 0 Å². The molecule has 0 radical (unpaired) electrons. The maximum atomic E-state index is 13.2. The van der Waals surface area contributed by atoms with E-state index in [9.17, 15) is 14.0 Å². The second-order valence-corrected chi connectivity index (χ2v) is 7.88. The summed E-state index contributed by atoms with van der Waals surface area (Å²) in [5, 5.41) is 3.73. The van der Waals surface area contributed by atoms with Gasteiger partial charge in [0, 0.05) is 21.3 Å². The molecule has 3 aromatic carbocycles. The number of carbonyl (C=O) groups excluding carboxylic acids is 1.